The zero-order valence-corrected chi connectivity index (χ0v) is 15.3. The van der Waals surface area contributed by atoms with Crippen molar-refractivity contribution < 1.29 is 18.1 Å². The van der Waals surface area contributed by atoms with Crippen LogP contribution in [-0.4, -0.2) is 38.1 Å². The van der Waals surface area contributed by atoms with Crippen LogP contribution in [0.25, 0.3) is 0 Å². The largest absolute Gasteiger partial charge is 0.352 e. The minimum atomic E-state index is -3.78. The molecule has 8 nitrogen and oxygen atoms in total. The molecule has 0 aliphatic heterocycles. The Labute approximate surface area is 142 Å². The SMILES string of the molecule is Cc1ccc([N+](=O)[O-])cc1N(CC(=O)N[C@@H](C)C(C)C)S(C)(=O)=O. The number of nitro benzene ring substituents is 1. The molecule has 1 aromatic rings. The van der Waals surface area contributed by atoms with Gasteiger partial charge in [0.25, 0.3) is 5.69 Å². The topological polar surface area (TPSA) is 110 Å². The van der Waals surface area contributed by atoms with Crippen molar-refractivity contribution in [2.45, 2.75) is 33.7 Å². The van der Waals surface area contributed by atoms with Gasteiger partial charge in [-0.25, -0.2) is 8.42 Å². The molecular formula is C15H23N3O5S. The van der Waals surface area contributed by atoms with Gasteiger partial charge < -0.3 is 5.32 Å². The van der Waals surface area contributed by atoms with Gasteiger partial charge in [-0.2, -0.15) is 0 Å². The zero-order chi connectivity index (χ0) is 18.7. The molecule has 0 aliphatic carbocycles. The van der Waals surface area contributed by atoms with Crippen molar-refractivity contribution in [3.05, 3.63) is 33.9 Å². The Morgan fingerprint density at radius 1 is 1.33 bits per heavy atom. The van der Waals surface area contributed by atoms with E-state index in [0.717, 1.165) is 16.6 Å². The average molecular weight is 357 g/mol. The van der Waals surface area contributed by atoms with Crippen molar-refractivity contribution in [3.63, 3.8) is 0 Å². The number of aryl methyl sites for hydroxylation is 1. The first-order chi connectivity index (χ1) is 10.9. The molecule has 1 rings (SSSR count). The lowest BCUT2D eigenvalue weighted by Crippen LogP contribution is -2.44. The van der Waals surface area contributed by atoms with Crippen molar-refractivity contribution in [2.24, 2.45) is 5.92 Å². The highest BCUT2D eigenvalue weighted by molar-refractivity contribution is 7.92. The second kappa shape index (κ2) is 7.61. The van der Waals surface area contributed by atoms with Crippen LogP contribution in [-0.2, 0) is 14.8 Å². The van der Waals surface area contributed by atoms with E-state index in [1.807, 2.05) is 20.8 Å². The van der Waals surface area contributed by atoms with Crippen LogP contribution in [0.15, 0.2) is 18.2 Å². The third kappa shape index (κ3) is 5.19. The van der Waals surface area contributed by atoms with Crippen LogP contribution in [0.1, 0.15) is 26.3 Å². The van der Waals surface area contributed by atoms with Crippen LogP contribution in [0.2, 0.25) is 0 Å². The van der Waals surface area contributed by atoms with Gasteiger partial charge in [0.1, 0.15) is 6.54 Å². The first-order valence-corrected chi connectivity index (χ1v) is 9.30. The van der Waals surface area contributed by atoms with Crippen molar-refractivity contribution in [2.75, 3.05) is 17.1 Å². The van der Waals surface area contributed by atoms with Gasteiger partial charge in [-0.15, -0.1) is 0 Å². The number of anilines is 1. The monoisotopic (exact) mass is 357 g/mol. The van der Waals surface area contributed by atoms with E-state index >= 15 is 0 Å². The second-order valence-electron chi connectivity index (χ2n) is 6.10. The predicted molar refractivity (Wildman–Crippen MR) is 92.5 cm³/mol. The number of non-ortho nitro benzene ring substituents is 1. The van der Waals surface area contributed by atoms with Gasteiger partial charge in [0.15, 0.2) is 0 Å². The molecule has 0 bridgehead atoms. The number of carbonyl (C=O) groups is 1. The van der Waals surface area contributed by atoms with Crippen LogP contribution in [0.5, 0.6) is 0 Å². The summed E-state index contributed by atoms with van der Waals surface area (Å²) in [7, 11) is -3.78. The summed E-state index contributed by atoms with van der Waals surface area (Å²) >= 11 is 0. The molecule has 0 aliphatic rings. The Balaban J connectivity index is 3.19. The number of carbonyl (C=O) groups excluding carboxylic acids is 1. The molecule has 0 saturated heterocycles. The van der Waals surface area contributed by atoms with Crippen molar-refractivity contribution in [3.8, 4) is 0 Å². The Hall–Kier alpha value is -2.16. The fraction of sp³-hybridized carbons (Fsp3) is 0.533. The van der Waals surface area contributed by atoms with Gasteiger partial charge in [0.2, 0.25) is 15.9 Å². The second-order valence-corrected chi connectivity index (χ2v) is 8.00. The van der Waals surface area contributed by atoms with Crippen LogP contribution in [0.4, 0.5) is 11.4 Å². The number of amides is 1. The molecule has 134 valence electrons. The lowest BCUT2D eigenvalue weighted by molar-refractivity contribution is -0.384. The number of nitro groups is 1. The molecule has 0 saturated carbocycles. The first kappa shape index (κ1) is 19.9. The number of hydrogen-bond donors (Lipinski definition) is 1. The molecule has 0 aromatic heterocycles. The lowest BCUT2D eigenvalue weighted by atomic mass is 10.1. The molecule has 1 N–H and O–H groups in total. The summed E-state index contributed by atoms with van der Waals surface area (Å²) in [5, 5.41) is 13.7. The number of hydrogen-bond acceptors (Lipinski definition) is 5. The fourth-order valence-corrected chi connectivity index (χ4v) is 2.86. The van der Waals surface area contributed by atoms with Crippen molar-refractivity contribution in [1.29, 1.82) is 0 Å². The normalized spacial score (nSPS) is 12.8. The summed E-state index contributed by atoms with van der Waals surface area (Å²) in [6, 6.07) is 3.79. The molecule has 1 aromatic carbocycles. The maximum Gasteiger partial charge on any atom is 0.271 e. The van der Waals surface area contributed by atoms with Gasteiger partial charge in [0.05, 0.1) is 16.9 Å². The van der Waals surface area contributed by atoms with Crippen molar-refractivity contribution >= 4 is 27.3 Å². The summed E-state index contributed by atoms with van der Waals surface area (Å²) in [6.07, 6.45) is 0.963. The molecule has 0 radical (unpaired) electrons. The summed E-state index contributed by atoms with van der Waals surface area (Å²) < 4.78 is 25.1. The minimum absolute atomic E-state index is 0.120. The molecule has 24 heavy (non-hydrogen) atoms. The number of nitrogens with zero attached hydrogens (tertiary/aromatic N) is 2. The third-order valence-electron chi connectivity index (χ3n) is 3.75. The van der Waals surface area contributed by atoms with E-state index in [-0.39, 0.29) is 23.3 Å². The van der Waals surface area contributed by atoms with E-state index < -0.39 is 27.4 Å². The van der Waals surface area contributed by atoms with Crippen LogP contribution >= 0.6 is 0 Å². The molecule has 9 heteroatoms. The zero-order valence-electron chi connectivity index (χ0n) is 14.4. The number of nitrogens with one attached hydrogen (secondary N) is 1. The maximum atomic E-state index is 12.2. The van der Waals surface area contributed by atoms with Crippen molar-refractivity contribution in [1.82, 2.24) is 5.32 Å². The lowest BCUT2D eigenvalue weighted by Gasteiger charge is -2.25. The van der Waals surface area contributed by atoms with E-state index in [1.165, 1.54) is 12.1 Å². The Morgan fingerprint density at radius 2 is 1.92 bits per heavy atom. The van der Waals surface area contributed by atoms with Gasteiger partial charge in [-0.05, 0) is 25.3 Å². The van der Waals surface area contributed by atoms with Gasteiger partial charge in [-0.1, -0.05) is 19.9 Å². The number of benzene rings is 1. The number of sulfonamides is 1. The Bertz CT molecular complexity index is 731. The summed E-state index contributed by atoms with van der Waals surface area (Å²) in [5.41, 5.74) is 0.412. The van der Waals surface area contributed by atoms with Gasteiger partial charge >= 0.3 is 0 Å². The van der Waals surface area contributed by atoms with E-state index in [0.29, 0.717) is 5.56 Å². The molecule has 1 atom stereocenters. The van der Waals surface area contributed by atoms with E-state index in [9.17, 15) is 23.3 Å². The van der Waals surface area contributed by atoms with Crippen LogP contribution in [0, 0.1) is 23.0 Å². The summed E-state index contributed by atoms with van der Waals surface area (Å²) in [6.45, 7) is 6.89. The molecule has 0 fully saturated rings. The van der Waals surface area contributed by atoms with Gasteiger partial charge in [0, 0.05) is 18.2 Å². The Morgan fingerprint density at radius 3 is 2.38 bits per heavy atom. The third-order valence-corrected chi connectivity index (χ3v) is 4.87. The van der Waals surface area contributed by atoms with E-state index in [1.54, 1.807) is 6.92 Å². The number of rotatable bonds is 7. The highest BCUT2D eigenvalue weighted by atomic mass is 32.2. The average Bonchev–Trinajstić information content (AvgIpc) is 2.44. The quantitative estimate of drug-likeness (QED) is 0.591. The molecule has 0 spiro atoms. The summed E-state index contributed by atoms with van der Waals surface area (Å²) in [4.78, 5) is 22.5. The fourth-order valence-electron chi connectivity index (χ4n) is 1.96. The highest BCUT2D eigenvalue weighted by Gasteiger charge is 2.25. The maximum absolute atomic E-state index is 12.2. The minimum Gasteiger partial charge on any atom is -0.352 e. The van der Waals surface area contributed by atoms with E-state index in [2.05, 4.69) is 5.32 Å². The summed E-state index contributed by atoms with van der Waals surface area (Å²) in [5.74, 6) is -0.271. The van der Waals surface area contributed by atoms with Gasteiger partial charge in [-0.3, -0.25) is 19.2 Å². The first-order valence-electron chi connectivity index (χ1n) is 7.45. The smallest absolute Gasteiger partial charge is 0.271 e. The Kier molecular flexibility index (Phi) is 6.30. The molecule has 0 heterocycles. The van der Waals surface area contributed by atoms with E-state index in [4.69, 9.17) is 0 Å². The molecule has 0 unspecified atom stereocenters. The molecule has 1 amide bonds. The van der Waals surface area contributed by atoms with Crippen LogP contribution in [0.3, 0.4) is 0 Å². The standard InChI is InChI=1S/C15H23N3O5S/c1-10(2)12(4)16-15(19)9-17(24(5,22)23)14-8-13(18(20)21)7-6-11(14)3/h6-8,10,12H,9H2,1-5H3,(H,16,19)/t12-/m0/s1. The van der Waals surface area contributed by atoms with Crippen LogP contribution < -0.4 is 9.62 Å². The highest BCUT2D eigenvalue weighted by Crippen LogP contribution is 2.27. The molecular weight excluding hydrogens is 334 g/mol. The predicted octanol–water partition coefficient (Wildman–Crippen LogP) is 1.83.